The van der Waals surface area contributed by atoms with Gasteiger partial charge in [-0.2, -0.15) is 0 Å². The molecule has 1 fully saturated rings. The lowest BCUT2D eigenvalue weighted by Crippen LogP contribution is -2.38. The summed E-state index contributed by atoms with van der Waals surface area (Å²) in [6, 6.07) is 16.6. The Kier molecular flexibility index (Phi) is 5.82. The van der Waals surface area contributed by atoms with Gasteiger partial charge in [0.1, 0.15) is 0 Å². The van der Waals surface area contributed by atoms with Gasteiger partial charge in [-0.25, -0.2) is 0 Å². The zero-order valence-corrected chi connectivity index (χ0v) is 17.4. The number of rotatable bonds is 5. The second-order valence-corrected chi connectivity index (χ2v) is 9.62. The predicted molar refractivity (Wildman–Crippen MR) is 115 cm³/mol. The summed E-state index contributed by atoms with van der Waals surface area (Å²) in [4.78, 5) is 9.29. The molecule has 26 heavy (non-hydrogen) atoms. The quantitative estimate of drug-likeness (QED) is 0.560. The lowest BCUT2D eigenvalue weighted by Gasteiger charge is -2.37. The minimum atomic E-state index is 0.724. The summed E-state index contributed by atoms with van der Waals surface area (Å²) in [5.74, 6) is 1.12. The second-order valence-electron chi connectivity index (χ2n) is 7.20. The van der Waals surface area contributed by atoms with Crippen LogP contribution in [0.2, 0.25) is 0 Å². The van der Waals surface area contributed by atoms with E-state index in [9.17, 15) is 0 Å². The number of hydrogen-bond donors (Lipinski definition) is 0. The van der Waals surface area contributed by atoms with Crippen LogP contribution in [0.5, 0.6) is 0 Å². The maximum atomic E-state index is 2.57. The van der Waals surface area contributed by atoms with Gasteiger partial charge in [0, 0.05) is 27.3 Å². The van der Waals surface area contributed by atoms with E-state index in [0.717, 1.165) is 18.3 Å². The van der Waals surface area contributed by atoms with E-state index in [1.54, 1.807) is 0 Å². The molecule has 0 saturated carbocycles. The summed E-state index contributed by atoms with van der Waals surface area (Å²) < 4.78 is 0. The highest BCUT2D eigenvalue weighted by Gasteiger charge is 2.26. The molecule has 4 heteroatoms. The van der Waals surface area contributed by atoms with Crippen LogP contribution in [0.1, 0.15) is 32.6 Å². The summed E-state index contributed by atoms with van der Waals surface area (Å²) in [5.41, 5.74) is 2.77. The first kappa shape index (κ1) is 18.3. The van der Waals surface area contributed by atoms with Crippen LogP contribution in [-0.4, -0.2) is 36.8 Å². The molecule has 0 aliphatic carbocycles. The van der Waals surface area contributed by atoms with Crippen LogP contribution < -0.4 is 4.90 Å². The Morgan fingerprint density at radius 2 is 1.92 bits per heavy atom. The first-order chi connectivity index (χ1) is 12.8. The molecule has 2 aromatic carbocycles. The Labute approximate surface area is 166 Å². The van der Waals surface area contributed by atoms with Crippen LogP contribution >= 0.6 is 23.5 Å². The molecule has 2 aliphatic heterocycles. The van der Waals surface area contributed by atoms with Crippen LogP contribution in [-0.2, 0) is 0 Å². The van der Waals surface area contributed by atoms with Crippen molar-refractivity contribution >= 4 is 34.9 Å². The van der Waals surface area contributed by atoms with Crippen molar-refractivity contribution in [2.24, 2.45) is 0 Å². The lowest BCUT2D eigenvalue weighted by atomic mass is 9.99. The van der Waals surface area contributed by atoms with Gasteiger partial charge in [0.2, 0.25) is 0 Å². The number of nitrogens with zero attached hydrogens (tertiary/aromatic N) is 2. The topological polar surface area (TPSA) is 6.48 Å². The van der Waals surface area contributed by atoms with E-state index in [-0.39, 0.29) is 0 Å². The molecule has 2 aliphatic rings. The summed E-state index contributed by atoms with van der Waals surface area (Å²) in [5, 5.41) is 0. The van der Waals surface area contributed by atoms with Crippen LogP contribution in [0.4, 0.5) is 11.4 Å². The first-order valence-corrected chi connectivity index (χ1v) is 11.6. The molecule has 0 spiro atoms. The van der Waals surface area contributed by atoms with E-state index in [2.05, 4.69) is 66.2 Å². The van der Waals surface area contributed by atoms with Crippen molar-refractivity contribution in [2.75, 3.05) is 30.8 Å². The lowest BCUT2D eigenvalue weighted by molar-refractivity contribution is 0.178. The number of fused-ring (bicyclic) bond motifs is 2. The monoisotopic (exact) mass is 384 g/mol. The van der Waals surface area contributed by atoms with Gasteiger partial charge in [-0.3, -0.25) is 0 Å². The van der Waals surface area contributed by atoms with Gasteiger partial charge in [-0.05, 0) is 68.9 Å². The standard InChI is InChI=1S/C22H28N2S2/c1-3-25-18-11-12-22-20(16-18)24(19-9-4-5-10-21(19)26-22)15-13-17-8-6-7-14-23(17)2/h4-5,9-12,16-17H,3,6-8,13-15H2,1-2H3. The molecule has 2 aromatic rings. The third-order valence-corrected chi connectivity index (χ3v) is 7.52. The van der Waals surface area contributed by atoms with Crippen molar-refractivity contribution in [1.82, 2.24) is 4.90 Å². The Balaban J connectivity index is 1.62. The van der Waals surface area contributed by atoms with Crippen LogP contribution in [0, 0.1) is 0 Å². The minimum absolute atomic E-state index is 0.724. The van der Waals surface area contributed by atoms with E-state index in [0.29, 0.717) is 0 Å². The average molecular weight is 385 g/mol. The Morgan fingerprint density at radius 1 is 1.08 bits per heavy atom. The first-order valence-electron chi connectivity index (χ1n) is 9.78. The van der Waals surface area contributed by atoms with Crippen LogP contribution in [0.3, 0.4) is 0 Å². The molecule has 138 valence electrons. The molecule has 2 nitrogen and oxygen atoms in total. The number of anilines is 2. The van der Waals surface area contributed by atoms with Crippen molar-refractivity contribution < 1.29 is 0 Å². The average Bonchev–Trinajstić information content (AvgIpc) is 2.67. The van der Waals surface area contributed by atoms with E-state index in [1.807, 2.05) is 23.5 Å². The van der Waals surface area contributed by atoms with E-state index in [4.69, 9.17) is 0 Å². The highest BCUT2D eigenvalue weighted by molar-refractivity contribution is 8.00. The zero-order valence-electron chi connectivity index (χ0n) is 15.8. The SMILES string of the molecule is CCSc1ccc2c(c1)N(CCC1CCCCN1C)c1ccccc1S2. The van der Waals surface area contributed by atoms with Gasteiger partial charge in [-0.15, -0.1) is 11.8 Å². The molecular formula is C22H28N2S2. The molecule has 1 unspecified atom stereocenters. The minimum Gasteiger partial charge on any atom is -0.340 e. The van der Waals surface area contributed by atoms with Gasteiger partial charge in [-0.1, -0.05) is 37.2 Å². The Morgan fingerprint density at radius 3 is 2.77 bits per heavy atom. The molecule has 0 aromatic heterocycles. The fraction of sp³-hybridized carbons (Fsp3) is 0.455. The highest BCUT2D eigenvalue weighted by atomic mass is 32.2. The molecule has 1 saturated heterocycles. The van der Waals surface area contributed by atoms with Gasteiger partial charge in [0.15, 0.2) is 0 Å². The third-order valence-electron chi connectivity index (χ3n) is 5.52. The normalized spacial score (nSPS) is 19.9. The number of hydrogen-bond acceptors (Lipinski definition) is 4. The zero-order chi connectivity index (χ0) is 17.9. The molecule has 2 heterocycles. The van der Waals surface area contributed by atoms with E-state index in [1.165, 1.54) is 58.3 Å². The number of piperidine rings is 1. The van der Waals surface area contributed by atoms with Crippen LogP contribution in [0.25, 0.3) is 0 Å². The summed E-state index contributed by atoms with van der Waals surface area (Å²) >= 11 is 3.85. The fourth-order valence-electron chi connectivity index (χ4n) is 4.09. The Bertz CT molecular complexity index is 762. The van der Waals surface area contributed by atoms with Gasteiger partial charge in [0.05, 0.1) is 11.4 Å². The third kappa shape index (κ3) is 3.78. The smallest absolute Gasteiger partial charge is 0.0564 e. The highest BCUT2D eigenvalue weighted by Crippen LogP contribution is 2.49. The number of likely N-dealkylation sites (tertiary alicyclic amines) is 1. The molecule has 0 bridgehead atoms. The van der Waals surface area contributed by atoms with Gasteiger partial charge >= 0.3 is 0 Å². The van der Waals surface area contributed by atoms with Gasteiger partial charge < -0.3 is 9.80 Å². The van der Waals surface area contributed by atoms with Crippen LogP contribution in [0.15, 0.2) is 57.2 Å². The van der Waals surface area contributed by atoms with Crippen molar-refractivity contribution in [2.45, 2.75) is 53.3 Å². The van der Waals surface area contributed by atoms with Crippen molar-refractivity contribution in [3.05, 3.63) is 42.5 Å². The van der Waals surface area contributed by atoms with Crippen molar-refractivity contribution in [3.8, 4) is 0 Å². The molecular weight excluding hydrogens is 356 g/mol. The van der Waals surface area contributed by atoms with E-state index < -0.39 is 0 Å². The van der Waals surface area contributed by atoms with E-state index >= 15 is 0 Å². The summed E-state index contributed by atoms with van der Waals surface area (Å²) in [6.07, 6.45) is 5.32. The number of thioether (sulfide) groups is 1. The van der Waals surface area contributed by atoms with Crippen molar-refractivity contribution in [3.63, 3.8) is 0 Å². The number of para-hydroxylation sites is 1. The molecule has 0 N–H and O–H groups in total. The number of benzene rings is 2. The molecule has 4 rings (SSSR count). The maximum absolute atomic E-state index is 2.57. The molecule has 0 amide bonds. The van der Waals surface area contributed by atoms with Crippen molar-refractivity contribution in [1.29, 1.82) is 0 Å². The van der Waals surface area contributed by atoms with Gasteiger partial charge in [0.25, 0.3) is 0 Å². The Hall–Kier alpha value is -1.10. The second kappa shape index (κ2) is 8.28. The fourth-order valence-corrected chi connectivity index (χ4v) is 5.86. The summed E-state index contributed by atoms with van der Waals surface area (Å²) in [6.45, 7) is 4.58. The summed E-state index contributed by atoms with van der Waals surface area (Å²) in [7, 11) is 2.30. The maximum Gasteiger partial charge on any atom is 0.0564 e. The molecule has 0 radical (unpaired) electrons. The molecule has 1 atom stereocenters. The predicted octanol–water partition coefficient (Wildman–Crippen LogP) is 6.28. The largest absolute Gasteiger partial charge is 0.340 e.